The van der Waals surface area contributed by atoms with Crippen LogP contribution in [-0.2, 0) is 126 Å². The van der Waals surface area contributed by atoms with E-state index in [0.717, 1.165) is 19.1 Å². The van der Waals surface area contributed by atoms with E-state index < -0.39 is 296 Å². The summed E-state index contributed by atoms with van der Waals surface area (Å²) in [6.45, 7) is 4.45. The molecular weight excluding hydrogens is 1990 g/mol. The first-order valence-corrected chi connectivity index (χ1v) is 49.6. The Labute approximate surface area is 866 Å². The van der Waals surface area contributed by atoms with Crippen molar-refractivity contribution in [2.75, 3.05) is 70.5 Å². The molecule has 55 heteroatoms. The number of nitrogens with one attached hydrogen (secondary N) is 19. The Morgan fingerprint density at radius 3 is 1.50 bits per heavy atom. The second-order valence-corrected chi connectivity index (χ2v) is 37.2. The fourth-order valence-electron chi connectivity index (χ4n) is 16.2. The summed E-state index contributed by atoms with van der Waals surface area (Å²) in [6, 6.07) is -3.73. The zero-order valence-electron chi connectivity index (χ0n) is 83.0. The summed E-state index contributed by atoms with van der Waals surface area (Å²) in [5.74, 6) is -22.5. The third-order valence-electron chi connectivity index (χ3n) is 24.2. The van der Waals surface area contributed by atoms with Gasteiger partial charge in [-0.2, -0.15) is 25.3 Å². The molecule has 4 heterocycles. The molecule has 3 aromatic carbocycles. The summed E-state index contributed by atoms with van der Waals surface area (Å²) in [5, 5.41) is 95.4. The van der Waals surface area contributed by atoms with E-state index in [2.05, 4.69) is 131 Å². The highest BCUT2D eigenvalue weighted by Crippen LogP contribution is 2.25. The molecule has 17 atom stereocenters. The zero-order valence-corrected chi connectivity index (χ0v) is 84.8. The third kappa shape index (κ3) is 38.4. The molecule has 2 aliphatic heterocycles. The number of hydrogen-bond donors (Lipinski definition) is 28. The van der Waals surface area contributed by atoms with E-state index in [1.807, 2.05) is 0 Å². The molecule has 149 heavy (non-hydrogen) atoms. The fraction of sp³-hybridized carbons (Fsp3) is 0.532. The van der Waals surface area contributed by atoms with Gasteiger partial charge in [0.25, 0.3) is 5.69 Å². The van der Waals surface area contributed by atoms with Crippen LogP contribution in [0.25, 0.3) is 10.9 Å². The number of carboxylic acids is 1. The summed E-state index contributed by atoms with van der Waals surface area (Å²) in [5.41, 5.74) is 18.2. The Hall–Kier alpha value is -14.8. The van der Waals surface area contributed by atoms with Gasteiger partial charge in [-0.05, 0) is 113 Å². The van der Waals surface area contributed by atoms with Gasteiger partial charge in [-0.15, -0.1) is 0 Å². The molecule has 2 aromatic heterocycles. The number of carboxylic acid groups (broad SMARTS) is 1. The number of primary amides is 1. The molecule has 814 valence electrons. The lowest BCUT2D eigenvalue weighted by atomic mass is 9.99. The number of aromatic nitrogens is 3. The standard InChI is InChI=1S/C94H134N26O27S2/c1-48(2)32-61(84(135)117-79(51(6)123)93(144)111-64(35-54-38-99-58-19-11-10-18-57(54)58)85(136)116-77(49(3)4)91(142)114-68(46-149)87(138)106-60(20-12-13-29-95)94(145)119-31-15-22-70(119)90(141)105-59(27-28-71(97)124)80(131)102-40-73(126)101-43-76(129)130)109-89(140)69-21-14-30-118(69)75(128)42-103-81(132)62(33-52-16-8-7-9-17-52)107-83(134)65(36-55-39-98-47-104-55)108-88(139)67(45-148)113-86(137)66(44-121)112-82(133)63(34-53-23-25-56(26-24-53)120(146)147)110-92(143)78(50(5)122)115-74(127)41-100-72(125)37-96/h7-11,16-19,23-26,38-39,47-51,59-70,77-79,99,121-123,148-149H,12-15,20-22,27-37,40-46,95-96H2,1-6H3,(H2,97,124)(H,98,104)(H,100,125)(H,101,126)(H,102,131)(H,103,132)(H,105,141)(H,106,138)(H,107,134)(H,108,139)(H,109,140)(H,110,143)(H,111,144)(H,112,133)(H,113,137)(H,114,142)(H,115,127)(H,116,136)(H,117,135)(H,129,130)/t50-,51-,59+,60+,61+,62+,63+,64+,65+,66+,67+,68+,69+,70+,77+,78+,79+/m1/s1. The van der Waals surface area contributed by atoms with Crippen molar-refractivity contribution in [2.24, 2.45) is 29.0 Å². The van der Waals surface area contributed by atoms with Gasteiger partial charge in [0.15, 0.2) is 0 Å². The van der Waals surface area contributed by atoms with Crippen molar-refractivity contribution in [1.29, 1.82) is 0 Å². The Kier molecular flexibility index (Phi) is 49.1. The van der Waals surface area contributed by atoms with Gasteiger partial charge in [-0.3, -0.25) is 111 Å². The van der Waals surface area contributed by atoms with Crippen molar-refractivity contribution < 1.29 is 126 Å². The van der Waals surface area contributed by atoms with Gasteiger partial charge in [0.2, 0.25) is 118 Å². The molecule has 0 bridgehead atoms. The monoisotopic (exact) mass is 2120 g/mol. The van der Waals surface area contributed by atoms with Crippen LogP contribution in [-0.4, -0.2) is 348 Å². The van der Waals surface area contributed by atoms with E-state index in [1.54, 1.807) is 88.5 Å². The molecule has 5 aromatic rings. The van der Waals surface area contributed by atoms with Crippen LogP contribution in [0.2, 0.25) is 0 Å². The number of amides is 20. The molecule has 7 rings (SSSR count). The predicted molar refractivity (Wildman–Crippen MR) is 538 cm³/mol. The maximum absolute atomic E-state index is 15.0. The number of likely N-dealkylation sites (tertiary alicyclic amines) is 2. The first-order chi connectivity index (χ1) is 70.8. The Bertz CT molecular complexity index is 5510. The van der Waals surface area contributed by atoms with E-state index in [4.69, 9.17) is 22.3 Å². The van der Waals surface area contributed by atoms with Crippen molar-refractivity contribution in [3.8, 4) is 0 Å². The number of nitrogens with two attached hydrogens (primary N) is 3. The number of para-hydroxylation sites is 1. The number of aliphatic carboxylic acids is 1. The number of nitro benzene ring substituents is 1. The smallest absolute Gasteiger partial charge is 0.322 e. The second kappa shape index (κ2) is 60.5. The van der Waals surface area contributed by atoms with Crippen LogP contribution in [0.15, 0.2) is 97.6 Å². The number of fused-ring (bicyclic) bond motifs is 1. The molecular formula is C94H134N26O27S2. The summed E-state index contributed by atoms with van der Waals surface area (Å²) in [6.07, 6.45) is -0.102. The summed E-state index contributed by atoms with van der Waals surface area (Å²) in [4.78, 5) is 313. The fourth-order valence-corrected chi connectivity index (χ4v) is 16.7. The molecule has 0 spiro atoms. The lowest BCUT2D eigenvalue weighted by Gasteiger charge is -2.31. The zero-order chi connectivity index (χ0) is 110. The molecule has 0 unspecified atom stereocenters. The van der Waals surface area contributed by atoms with Crippen LogP contribution in [0.1, 0.15) is 128 Å². The van der Waals surface area contributed by atoms with E-state index >= 15 is 4.79 Å². The number of nitrogens with zero attached hydrogens (tertiary/aromatic N) is 4. The number of benzene rings is 3. The molecule has 0 saturated carbocycles. The van der Waals surface area contributed by atoms with Crippen LogP contribution in [0.3, 0.4) is 0 Å². The average molecular weight is 2120 g/mol. The second-order valence-electron chi connectivity index (χ2n) is 36.5. The SMILES string of the molecule is CC(C)C[C@H](NC(=O)[C@@H]1CCCN1C(=O)CNC(=O)[C@H](Cc1ccccc1)NC(=O)[C@H](Cc1cnc[nH]1)NC(=O)[C@H](CS)NC(=O)[C@H](CO)NC(=O)[C@H](Cc1ccc([N+](=O)[O-])cc1)NC(=O)[C@@H](NC(=O)CNC(=O)CN)[C@@H](C)O)C(=O)N[C@H](C(=O)N[C@@H](Cc1c[nH]c2ccccc12)C(=O)N[C@H](C(=O)N[C@@H](CS)C(=O)N[C@@H](CCCCN)C(=O)N1CCC[C@H]1C(=O)N[C@@H](CCC(N)=O)C(=O)NCC(=O)NCC(=O)O)C(C)C)[C@@H](C)O. The van der Waals surface area contributed by atoms with Crippen LogP contribution >= 0.6 is 25.3 Å². The number of unbranched alkanes of at least 4 members (excludes halogenated alkanes) is 1. The van der Waals surface area contributed by atoms with E-state index in [-0.39, 0.29) is 119 Å². The van der Waals surface area contributed by atoms with Gasteiger partial charge in [0.1, 0.15) is 97.2 Å². The Morgan fingerprint density at radius 1 is 0.477 bits per heavy atom. The topological polar surface area (TPSA) is 816 Å². The van der Waals surface area contributed by atoms with Crippen molar-refractivity contribution >= 4 is 166 Å². The van der Waals surface area contributed by atoms with Crippen molar-refractivity contribution in [2.45, 2.75) is 234 Å². The molecule has 53 nitrogen and oxygen atoms in total. The number of nitro groups is 1. The molecule has 0 radical (unpaired) electrons. The number of thiol groups is 2. The van der Waals surface area contributed by atoms with Gasteiger partial charge < -0.3 is 148 Å². The third-order valence-corrected chi connectivity index (χ3v) is 24.9. The van der Waals surface area contributed by atoms with Crippen LogP contribution in [0.5, 0.6) is 0 Å². The van der Waals surface area contributed by atoms with E-state index in [0.29, 0.717) is 28.5 Å². The molecule has 29 N–H and O–H groups in total. The first-order valence-electron chi connectivity index (χ1n) is 48.3. The molecule has 2 aliphatic rings. The largest absolute Gasteiger partial charge is 0.480 e. The van der Waals surface area contributed by atoms with E-state index in [1.165, 1.54) is 41.4 Å². The minimum atomic E-state index is -1.93. The minimum Gasteiger partial charge on any atom is -0.480 e. The highest BCUT2D eigenvalue weighted by Gasteiger charge is 2.44. The number of aliphatic hydroxyl groups is 3. The number of rotatable bonds is 61. The van der Waals surface area contributed by atoms with Crippen LogP contribution in [0.4, 0.5) is 5.69 Å². The van der Waals surface area contributed by atoms with Crippen LogP contribution < -0.4 is 108 Å². The quantitative estimate of drug-likeness (QED) is 0.00744. The maximum atomic E-state index is 15.0. The molecule has 2 fully saturated rings. The van der Waals surface area contributed by atoms with Crippen molar-refractivity contribution in [3.63, 3.8) is 0 Å². The number of aromatic amines is 2. The number of carbonyl (C=O) groups is 21. The number of non-ortho nitro benzene ring substituents is 1. The number of hydrogen-bond acceptors (Lipinski definition) is 31. The van der Waals surface area contributed by atoms with Crippen molar-refractivity contribution in [1.82, 2.24) is 115 Å². The lowest BCUT2D eigenvalue weighted by Crippen LogP contribution is -2.62. The van der Waals surface area contributed by atoms with Gasteiger partial charge in [-0.25, -0.2) is 4.98 Å². The van der Waals surface area contributed by atoms with Gasteiger partial charge in [0, 0.05) is 97.8 Å². The van der Waals surface area contributed by atoms with Gasteiger partial charge in [-0.1, -0.05) is 88.4 Å². The highest BCUT2D eigenvalue weighted by molar-refractivity contribution is 7.80. The highest BCUT2D eigenvalue weighted by atomic mass is 32.1. The lowest BCUT2D eigenvalue weighted by molar-refractivity contribution is -0.384. The molecule has 2 saturated heterocycles. The summed E-state index contributed by atoms with van der Waals surface area (Å²) < 4.78 is 0. The molecule has 20 amide bonds. The Balaban J connectivity index is 1.02. The first kappa shape index (κ1) is 121. The summed E-state index contributed by atoms with van der Waals surface area (Å²) >= 11 is 8.64. The number of aliphatic hydroxyl groups excluding tert-OH is 3. The van der Waals surface area contributed by atoms with Gasteiger partial charge in [0.05, 0.1) is 56.2 Å². The number of carbonyl (C=O) groups excluding carboxylic acids is 20. The normalized spacial score (nSPS) is 16.3. The number of imidazole rings is 1. The summed E-state index contributed by atoms with van der Waals surface area (Å²) in [7, 11) is 0. The van der Waals surface area contributed by atoms with Crippen LogP contribution in [0, 0.1) is 22.0 Å². The van der Waals surface area contributed by atoms with Crippen molar-refractivity contribution in [3.05, 3.63) is 130 Å². The predicted octanol–water partition coefficient (Wildman–Crippen LogP) is -8.43. The Morgan fingerprint density at radius 2 is 0.946 bits per heavy atom. The maximum Gasteiger partial charge on any atom is 0.322 e. The number of H-pyrrole nitrogens is 2. The minimum absolute atomic E-state index is 0.000787. The molecule has 0 aliphatic carbocycles. The average Bonchev–Trinajstić information content (AvgIpc) is 1.70. The van der Waals surface area contributed by atoms with E-state index in [9.17, 15) is 121 Å². The van der Waals surface area contributed by atoms with Gasteiger partial charge >= 0.3 is 5.97 Å².